The zero-order valence-corrected chi connectivity index (χ0v) is 29.3. The zero-order chi connectivity index (χ0) is 38.3. The van der Waals surface area contributed by atoms with Crippen molar-refractivity contribution in [1.29, 1.82) is 0 Å². The van der Waals surface area contributed by atoms with Crippen LogP contribution in [-0.4, -0.2) is 89.0 Å². The van der Waals surface area contributed by atoms with Crippen molar-refractivity contribution in [3.8, 4) is 0 Å². The number of benzene rings is 1. The van der Waals surface area contributed by atoms with Crippen LogP contribution >= 0.6 is 11.8 Å². The summed E-state index contributed by atoms with van der Waals surface area (Å²) in [6, 6.07) is 6.97. The van der Waals surface area contributed by atoms with Crippen LogP contribution in [0.15, 0.2) is 90.8 Å². The van der Waals surface area contributed by atoms with Gasteiger partial charge in [0.15, 0.2) is 5.78 Å². The topological polar surface area (TPSA) is 223 Å². The average Bonchev–Trinajstić information content (AvgIpc) is 2.99. The molecule has 0 radical (unpaired) electrons. The van der Waals surface area contributed by atoms with Crippen LogP contribution in [0.2, 0.25) is 0 Å². The molecule has 1 aromatic carbocycles. The molecule has 49 heavy (non-hydrogen) atoms. The Kier molecular flexibility index (Phi) is 22.8. The molecule has 1 atom stereocenters. The molecule has 16 heteroatoms. The molecule has 0 spiro atoms. The largest absolute Gasteiger partial charge is 0.512 e. The monoisotopic (exact) mass is 702 g/mol. The summed E-state index contributed by atoms with van der Waals surface area (Å²) in [5.74, 6) is -2.61. The predicted molar refractivity (Wildman–Crippen MR) is 189 cm³/mol. The molecule has 6 amide bonds. The molecule has 0 saturated carbocycles. The number of Topliss-reactive ketones (excluding diaryl/α,β-unsaturated/α-hetero) is 1. The summed E-state index contributed by atoms with van der Waals surface area (Å²) in [6.45, 7) is 21.1. The molecular formula is C33H46N6O9S. The van der Waals surface area contributed by atoms with Crippen LogP contribution in [-0.2, 0) is 33.6 Å². The van der Waals surface area contributed by atoms with Gasteiger partial charge in [0.1, 0.15) is 5.25 Å². The first-order valence-electron chi connectivity index (χ1n) is 14.3. The minimum absolute atomic E-state index is 0.0109. The number of amides is 6. The number of nitrogens with one attached hydrogen (secondary N) is 5. The van der Waals surface area contributed by atoms with Crippen molar-refractivity contribution in [2.24, 2.45) is 0 Å². The smallest absolute Gasteiger partial charge is 0.250 e. The van der Waals surface area contributed by atoms with E-state index >= 15 is 0 Å². The standard InChI is InChI=1S/C16H20N2O3S.C9H14N2O3.C8H12N2O3/c1-10(2)15(20)17-12-6-8-13(9-7-12)22-14(11(3)19)16(21)18(4)5;1-6(2)9(14)11-5-10-8(13)4-7(3)12;1-3-7(12)9-5-10-8(13)4-6(2)11/h6-9,14H,1H2,2-5H3,(H,17,20);12H,1,3-5H2,2H3,(H,10,13)(H,11,14);3,11H,1-2,4-5H2,(H,9,12)(H,10,13). The van der Waals surface area contributed by atoms with E-state index in [-0.39, 0.29) is 67.1 Å². The van der Waals surface area contributed by atoms with Crippen LogP contribution in [0, 0.1) is 0 Å². The van der Waals surface area contributed by atoms with Crippen LogP contribution < -0.4 is 26.6 Å². The second-order valence-corrected chi connectivity index (χ2v) is 11.3. The molecule has 0 heterocycles. The molecule has 7 N–H and O–H groups in total. The van der Waals surface area contributed by atoms with Crippen molar-refractivity contribution < 1.29 is 43.8 Å². The molecule has 1 unspecified atom stereocenters. The first-order chi connectivity index (χ1) is 22.7. The normalized spacial score (nSPS) is 9.98. The van der Waals surface area contributed by atoms with Crippen LogP contribution in [0.4, 0.5) is 5.69 Å². The Balaban J connectivity index is 0. The number of aliphatic hydroxyl groups excluding tert-OH is 2. The van der Waals surface area contributed by atoms with Crippen molar-refractivity contribution in [3.05, 3.63) is 85.9 Å². The van der Waals surface area contributed by atoms with Gasteiger partial charge in [0.2, 0.25) is 29.5 Å². The number of carbonyl (C=O) groups excluding carboxylic acids is 7. The quantitative estimate of drug-likeness (QED) is 0.0438. The van der Waals surface area contributed by atoms with Crippen molar-refractivity contribution in [2.45, 2.75) is 43.8 Å². The van der Waals surface area contributed by atoms with E-state index in [9.17, 15) is 33.6 Å². The van der Waals surface area contributed by atoms with E-state index in [0.29, 0.717) is 16.8 Å². The van der Waals surface area contributed by atoms with Crippen LogP contribution in [0.25, 0.3) is 0 Å². The first kappa shape index (κ1) is 45.5. The second kappa shape index (κ2) is 24.5. The lowest BCUT2D eigenvalue weighted by molar-refractivity contribution is -0.132. The molecule has 0 aliphatic rings. The summed E-state index contributed by atoms with van der Waals surface area (Å²) in [7, 11) is 3.24. The Morgan fingerprint density at radius 3 is 1.57 bits per heavy atom. The fourth-order valence-corrected chi connectivity index (χ4v) is 3.75. The number of ketones is 1. The summed E-state index contributed by atoms with van der Waals surface area (Å²) >= 11 is 1.20. The summed E-state index contributed by atoms with van der Waals surface area (Å²) in [5, 5.41) is 28.7. The highest BCUT2D eigenvalue weighted by Crippen LogP contribution is 2.26. The Labute approximate surface area is 290 Å². The lowest BCUT2D eigenvalue weighted by Gasteiger charge is -2.18. The van der Waals surface area contributed by atoms with E-state index in [1.54, 1.807) is 52.2 Å². The molecule has 0 aliphatic carbocycles. The van der Waals surface area contributed by atoms with Crippen LogP contribution in [0.3, 0.4) is 0 Å². The Morgan fingerprint density at radius 1 is 0.755 bits per heavy atom. The molecule has 0 aliphatic heterocycles. The minimum Gasteiger partial charge on any atom is -0.512 e. The number of aliphatic hydroxyl groups is 2. The van der Waals surface area contributed by atoms with Crippen molar-refractivity contribution in [1.82, 2.24) is 26.2 Å². The Bertz CT molecular complexity index is 1420. The van der Waals surface area contributed by atoms with E-state index in [1.165, 1.54) is 23.6 Å². The fraction of sp³-hybridized carbons (Fsp3) is 0.303. The summed E-state index contributed by atoms with van der Waals surface area (Å²) < 4.78 is 0. The second-order valence-electron chi connectivity index (χ2n) is 10.2. The molecule has 0 fully saturated rings. The van der Waals surface area contributed by atoms with E-state index in [0.717, 1.165) is 11.0 Å². The van der Waals surface area contributed by atoms with Crippen molar-refractivity contribution >= 4 is 58.7 Å². The lowest BCUT2D eigenvalue weighted by atomic mass is 10.3. The molecule has 1 aromatic rings. The third kappa shape index (κ3) is 23.4. The highest BCUT2D eigenvalue weighted by Gasteiger charge is 2.26. The number of anilines is 1. The van der Waals surface area contributed by atoms with Crippen LogP contribution in [0.5, 0.6) is 0 Å². The molecule has 268 valence electrons. The van der Waals surface area contributed by atoms with Gasteiger partial charge in [-0.3, -0.25) is 33.6 Å². The molecule has 0 bridgehead atoms. The average molecular weight is 703 g/mol. The molecule has 15 nitrogen and oxygen atoms in total. The van der Waals surface area contributed by atoms with Gasteiger partial charge in [-0.05, 0) is 51.1 Å². The van der Waals surface area contributed by atoms with Gasteiger partial charge >= 0.3 is 0 Å². The number of thioether (sulfide) groups is 1. The maximum Gasteiger partial charge on any atom is 0.250 e. The predicted octanol–water partition coefficient (Wildman–Crippen LogP) is 2.38. The number of rotatable bonds is 16. The third-order valence-corrected chi connectivity index (χ3v) is 6.49. The van der Waals surface area contributed by atoms with Crippen molar-refractivity contribution in [3.63, 3.8) is 0 Å². The van der Waals surface area contributed by atoms with E-state index in [1.807, 2.05) is 0 Å². The zero-order valence-electron chi connectivity index (χ0n) is 28.4. The Morgan fingerprint density at radius 2 is 1.20 bits per heavy atom. The van der Waals surface area contributed by atoms with Gasteiger partial charge in [-0.2, -0.15) is 0 Å². The van der Waals surface area contributed by atoms with Gasteiger partial charge in [0.05, 0.1) is 37.7 Å². The van der Waals surface area contributed by atoms with Gasteiger partial charge < -0.3 is 41.7 Å². The van der Waals surface area contributed by atoms with E-state index in [2.05, 4.69) is 59.5 Å². The van der Waals surface area contributed by atoms with Gasteiger partial charge in [0, 0.05) is 35.8 Å². The van der Waals surface area contributed by atoms with Crippen LogP contribution in [0.1, 0.15) is 33.6 Å². The maximum absolute atomic E-state index is 12.0. The molecular weight excluding hydrogens is 656 g/mol. The van der Waals surface area contributed by atoms with Gasteiger partial charge in [-0.1, -0.05) is 32.9 Å². The highest BCUT2D eigenvalue weighted by molar-refractivity contribution is 8.01. The maximum atomic E-state index is 12.0. The van der Waals surface area contributed by atoms with Crippen molar-refractivity contribution in [2.75, 3.05) is 32.7 Å². The lowest BCUT2D eigenvalue weighted by Crippen LogP contribution is -2.37. The van der Waals surface area contributed by atoms with Gasteiger partial charge in [-0.25, -0.2) is 0 Å². The summed E-state index contributed by atoms with van der Waals surface area (Å²) in [6.07, 6.45) is 0.768. The first-order valence-corrected chi connectivity index (χ1v) is 15.2. The molecule has 0 aromatic heterocycles. The van der Waals surface area contributed by atoms with E-state index < -0.39 is 17.1 Å². The van der Waals surface area contributed by atoms with E-state index in [4.69, 9.17) is 10.2 Å². The SMILES string of the molecule is C=C(C)C(=O)Nc1ccc(SC(C(C)=O)C(=O)N(C)C)cc1.C=C(O)CC(=O)NCNC(=O)C(=C)C.C=CC(=O)NCNC(=O)CC(=C)O. The number of carbonyl (C=O) groups is 7. The number of nitrogens with zero attached hydrogens (tertiary/aromatic N) is 1. The molecule has 0 saturated heterocycles. The van der Waals surface area contributed by atoms with Gasteiger partial charge in [-0.15, -0.1) is 11.8 Å². The Hall–Kier alpha value is -5.64. The fourth-order valence-electron chi connectivity index (χ4n) is 2.70. The van der Waals surface area contributed by atoms with Gasteiger partial charge in [0.25, 0.3) is 5.91 Å². The minimum atomic E-state index is -0.758. The third-order valence-electron chi connectivity index (χ3n) is 5.17. The summed E-state index contributed by atoms with van der Waals surface area (Å²) in [4.78, 5) is 80.5. The number of hydrogen-bond donors (Lipinski definition) is 7. The highest BCUT2D eigenvalue weighted by atomic mass is 32.2. The number of hydrogen-bond acceptors (Lipinski definition) is 10. The molecule has 1 rings (SSSR count). The summed E-state index contributed by atoms with van der Waals surface area (Å²) in [5.41, 5.74) is 1.42.